The number of rotatable bonds is 3. The summed E-state index contributed by atoms with van der Waals surface area (Å²) in [7, 11) is 0. The second-order valence-corrected chi connectivity index (χ2v) is 8.00. The largest absolute Gasteiger partial charge is 0.480 e. The van der Waals surface area contributed by atoms with Crippen molar-refractivity contribution in [3.63, 3.8) is 0 Å². The molecule has 3 atom stereocenters. The first-order chi connectivity index (χ1) is 11.1. The van der Waals surface area contributed by atoms with Crippen LogP contribution in [-0.4, -0.2) is 64.7 Å². The zero-order valence-electron chi connectivity index (χ0n) is 14.9. The number of fused-ring (bicyclic) bond motifs is 1. The first kappa shape index (κ1) is 18.5. The van der Waals surface area contributed by atoms with Gasteiger partial charge in [0.05, 0.1) is 12.6 Å². The van der Waals surface area contributed by atoms with Crippen molar-refractivity contribution < 1.29 is 24.2 Å². The molecule has 0 aliphatic carbocycles. The number of likely N-dealkylation sites (tertiary alicyclic amines) is 2. The summed E-state index contributed by atoms with van der Waals surface area (Å²) in [6.45, 7) is 8.93. The van der Waals surface area contributed by atoms with Gasteiger partial charge in [-0.1, -0.05) is 20.8 Å². The van der Waals surface area contributed by atoms with Crippen molar-refractivity contribution in [2.24, 2.45) is 11.3 Å². The first-order valence-corrected chi connectivity index (χ1v) is 8.53. The normalized spacial score (nSPS) is 26.9. The van der Waals surface area contributed by atoms with E-state index in [1.165, 1.54) is 11.8 Å². The van der Waals surface area contributed by atoms with Crippen molar-refractivity contribution in [1.29, 1.82) is 0 Å². The SMILES string of the molecule is CC(=O)N1CC[C@@H]2C[C@@H](C(=O)O)N(C(=O)OCCC(C)(C)C)[C@H]2C1. The highest BCUT2D eigenvalue weighted by atomic mass is 16.6. The maximum absolute atomic E-state index is 12.5. The molecule has 0 aromatic rings. The predicted molar refractivity (Wildman–Crippen MR) is 87.4 cm³/mol. The van der Waals surface area contributed by atoms with Crippen LogP contribution in [0.1, 0.15) is 47.0 Å². The van der Waals surface area contributed by atoms with E-state index in [1.54, 1.807) is 4.90 Å². The van der Waals surface area contributed by atoms with Crippen LogP contribution < -0.4 is 0 Å². The van der Waals surface area contributed by atoms with Gasteiger partial charge in [-0.15, -0.1) is 0 Å². The van der Waals surface area contributed by atoms with Crippen molar-refractivity contribution >= 4 is 18.0 Å². The Morgan fingerprint density at radius 3 is 2.46 bits per heavy atom. The van der Waals surface area contributed by atoms with Gasteiger partial charge >= 0.3 is 12.1 Å². The number of aliphatic carboxylic acids is 1. The number of carbonyl (C=O) groups is 3. The van der Waals surface area contributed by atoms with Gasteiger partial charge in [0.25, 0.3) is 0 Å². The quantitative estimate of drug-likeness (QED) is 0.848. The summed E-state index contributed by atoms with van der Waals surface area (Å²) in [5.74, 6) is -0.948. The Morgan fingerprint density at radius 2 is 1.92 bits per heavy atom. The fraction of sp³-hybridized carbons (Fsp3) is 0.824. The van der Waals surface area contributed by atoms with E-state index in [0.717, 1.165) is 6.42 Å². The Morgan fingerprint density at radius 1 is 1.25 bits per heavy atom. The van der Waals surface area contributed by atoms with Gasteiger partial charge in [-0.3, -0.25) is 9.69 Å². The number of carboxylic acid groups (broad SMARTS) is 1. The molecule has 0 aromatic carbocycles. The molecule has 2 rings (SSSR count). The van der Waals surface area contributed by atoms with Crippen LogP contribution in [-0.2, 0) is 14.3 Å². The van der Waals surface area contributed by atoms with Gasteiger partial charge in [0.2, 0.25) is 5.91 Å². The third-order valence-corrected chi connectivity index (χ3v) is 4.96. The number of piperidine rings is 1. The van der Waals surface area contributed by atoms with Crippen molar-refractivity contribution in [3.05, 3.63) is 0 Å². The Bertz CT molecular complexity index is 514. The van der Waals surface area contributed by atoms with E-state index in [-0.39, 0.29) is 29.9 Å². The fourth-order valence-electron chi connectivity index (χ4n) is 3.49. The molecule has 0 unspecified atom stereocenters. The summed E-state index contributed by atoms with van der Waals surface area (Å²) in [4.78, 5) is 38.8. The Kier molecular flexibility index (Phi) is 5.40. The van der Waals surface area contributed by atoms with Gasteiger partial charge in [-0.2, -0.15) is 0 Å². The van der Waals surface area contributed by atoms with Crippen LogP contribution in [0.2, 0.25) is 0 Å². The summed E-state index contributed by atoms with van der Waals surface area (Å²) in [6, 6.07) is -1.14. The first-order valence-electron chi connectivity index (χ1n) is 8.53. The van der Waals surface area contributed by atoms with Crippen molar-refractivity contribution in [1.82, 2.24) is 9.80 Å². The molecule has 0 aromatic heterocycles. The second kappa shape index (κ2) is 6.99. The van der Waals surface area contributed by atoms with E-state index < -0.39 is 18.1 Å². The van der Waals surface area contributed by atoms with Gasteiger partial charge in [0.15, 0.2) is 0 Å². The number of nitrogens with zero attached hydrogens (tertiary/aromatic N) is 2. The monoisotopic (exact) mass is 340 g/mol. The third-order valence-electron chi connectivity index (χ3n) is 4.96. The molecule has 2 aliphatic rings. The number of hydrogen-bond donors (Lipinski definition) is 1. The molecule has 0 saturated carbocycles. The highest BCUT2D eigenvalue weighted by molar-refractivity contribution is 5.81. The van der Waals surface area contributed by atoms with Crippen LogP contribution in [0.4, 0.5) is 4.79 Å². The van der Waals surface area contributed by atoms with Gasteiger partial charge in [0.1, 0.15) is 6.04 Å². The summed E-state index contributed by atoms with van der Waals surface area (Å²) in [5, 5.41) is 9.48. The number of carboxylic acids is 1. The highest BCUT2D eigenvalue weighted by Gasteiger charge is 2.50. The standard InChI is InChI=1S/C17H28N2O5/c1-11(20)18-7-5-12-9-13(15(21)22)19(14(12)10-18)16(23)24-8-6-17(2,3)4/h12-14H,5-10H2,1-4H3,(H,21,22)/t12-,13+,14+/m1/s1. The molecule has 0 radical (unpaired) electrons. The average molecular weight is 340 g/mol. The molecule has 7 nitrogen and oxygen atoms in total. The van der Waals surface area contributed by atoms with E-state index in [2.05, 4.69) is 20.8 Å². The zero-order valence-corrected chi connectivity index (χ0v) is 14.9. The van der Waals surface area contributed by atoms with Crippen LogP contribution >= 0.6 is 0 Å². The van der Waals surface area contributed by atoms with E-state index >= 15 is 0 Å². The topological polar surface area (TPSA) is 87.2 Å². The molecule has 2 saturated heterocycles. The molecule has 2 amide bonds. The molecule has 24 heavy (non-hydrogen) atoms. The molecule has 2 heterocycles. The minimum absolute atomic E-state index is 0.0380. The van der Waals surface area contributed by atoms with Crippen LogP contribution in [0.15, 0.2) is 0 Å². The van der Waals surface area contributed by atoms with Crippen LogP contribution in [0.25, 0.3) is 0 Å². The van der Waals surface area contributed by atoms with Gasteiger partial charge in [-0.05, 0) is 30.6 Å². The average Bonchev–Trinajstić information content (AvgIpc) is 2.84. The lowest BCUT2D eigenvalue weighted by Crippen LogP contribution is -2.53. The van der Waals surface area contributed by atoms with Crippen molar-refractivity contribution in [2.45, 2.75) is 59.0 Å². The minimum Gasteiger partial charge on any atom is -0.480 e. The molecule has 0 bridgehead atoms. The summed E-state index contributed by atoms with van der Waals surface area (Å²) in [6.07, 6.45) is 1.28. The Labute approximate surface area is 142 Å². The molecule has 1 N–H and O–H groups in total. The molecular weight excluding hydrogens is 312 g/mol. The maximum Gasteiger partial charge on any atom is 0.410 e. The number of hydrogen-bond acceptors (Lipinski definition) is 4. The van der Waals surface area contributed by atoms with Crippen LogP contribution in [0, 0.1) is 11.3 Å². The lowest BCUT2D eigenvalue weighted by Gasteiger charge is -2.38. The van der Waals surface area contributed by atoms with Crippen molar-refractivity contribution in [3.8, 4) is 0 Å². The van der Waals surface area contributed by atoms with E-state index in [4.69, 9.17) is 4.74 Å². The highest BCUT2D eigenvalue weighted by Crippen LogP contribution is 2.36. The number of ether oxygens (including phenoxy) is 1. The Balaban J connectivity index is 2.08. The third kappa shape index (κ3) is 4.19. The molecule has 2 aliphatic heterocycles. The molecule has 7 heteroatoms. The fourth-order valence-corrected chi connectivity index (χ4v) is 3.49. The number of carbonyl (C=O) groups excluding carboxylic acids is 2. The zero-order chi connectivity index (χ0) is 18.1. The van der Waals surface area contributed by atoms with Crippen LogP contribution in [0.3, 0.4) is 0 Å². The van der Waals surface area contributed by atoms with Gasteiger partial charge < -0.3 is 14.7 Å². The maximum atomic E-state index is 12.5. The lowest BCUT2D eigenvalue weighted by atomic mass is 9.91. The van der Waals surface area contributed by atoms with Gasteiger partial charge in [0, 0.05) is 20.0 Å². The lowest BCUT2D eigenvalue weighted by molar-refractivity contribution is -0.142. The van der Waals surface area contributed by atoms with E-state index in [9.17, 15) is 19.5 Å². The number of amides is 2. The van der Waals surface area contributed by atoms with Gasteiger partial charge in [-0.25, -0.2) is 9.59 Å². The minimum atomic E-state index is -1.01. The molecular formula is C17H28N2O5. The molecule has 0 spiro atoms. The van der Waals surface area contributed by atoms with Crippen molar-refractivity contribution in [2.75, 3.05) is 19.7 Å². The second-order valence-electron chi connectivity index (χ2n) is 8.00. The van der Waals surface area contributed by atoms with Crippen LogP contribution in [0.5, 0.6) is 0 Å². The van der Waals surface area contributed by atoms with E-state index in [0.29, 0.717) is 25.9 Å². The Hall–Kier alpha value is -1.79. The predicted octanol–water partition coefficient (Wildman–Crippen LogP) is 1.96. The molecule has 2 fully saturated rings. The summed E-state index contributed by atoms with van der Waals surface area (Å²) >= 11 is 0. The smallest absolute Gasteiger partial charge is 0.410 e. The van der Waals surface area contributed by atoms with E-state index in [1.807, 2.05) is 0 Å². The summed E-state index contributed by atoms with van der Waals surface area (Å²) in [5.41, 5.74) is 0.0380. The summed E-state index contributed by atoms with van der Waals surface area (Å²) < 4.78 is 5.35. The molecule has 136 valence electrons.